The van der Waals surface area contributed by atoms with Gasteiger partial charge in [-0.15, -0.1) is 0 Å². The zero-order valence-electron chi connectivity index (χ0n) is 11.8. The Hall–Kier alpha value is -0.900. The minimum atomic E-state index is 0.0676. The second-order valence-electron chi connectivity index (χ2n) is 5.29. The van der Waals surface area contributed by atoms with Gasteiger partial charge in [0, 0.05) is 19.8 Å². The average Bonchev–Trinajstić information content (AvgIpc) is 2.37. The standard InChI is InChI=1S/C16H25NO2/c1-18-11-12-19-10-9-16(17)15-7-5-14(6-8-15)13-3-2-4-13/h5-8,13,16H,2-4,9-12,17H2,1H3. The highest BCUT2D eigenvalue weighted by atomic mass is 16.5. The second kappa shape index (κ2) is 7.63. The van der Waals surface area contributed by atoms with E-state index in [2.05, 4.69) is 24.3 Å². The monoisotopic (exact) mass is 263 g/mol. The second-order valence-corrected chi connectivity index (χ2v) is 5.29. The van der Waals surface area contributed by atoms with Crippen LogP contribution in [0.1, 0.15) is 48.8 Å². The topological polar surface area (TPSA) is 44.5 Å². The zero-order chi connectivity index (χ0) is 13.5. The van der Waals surface area contributed by atoms with E-state index in [1.807, 2.05) is 0 Å². The average molecular weight is 263 g/mol. The van der Waals surface area contributed by atoms with Crippen LogP contribution < -0.4 is 5.73 Å². The Bertz CT molecular complexity index is 360. The normalized spacial score (nSPS) is 17.2. The third kappa shape index (κ3) is 4.30. The Balaban J connectivity index is 1.73. The van der Waals surface area contributed by atoms with E-state index < -0.39 is 0 Å². The Labute approximate surface area is 116 Å². The van der Waals surface area contributed by atoms with Gasteiger partial charge in [0.15, 0.2) is 0 Å². The van der Waals surface area contributed by atoms with Gasteiger partial charge in [-0.3, -0.25) is 0 Å². The first kappa shape index (κ1) is 14.5. The lowest BCUT2D eigenvalue weighted by Gasteiger charge is -2.26. The fraction of sp³-hybridized carbons (Fsp3) is 0.625. The van der Waals surface area contributed by atoms with Crippen molar-refractivity contribution in [1.29, 1.82) is 0 Å². The minimum Gasteiger partial charge on any atom is -0.382 e. The van der Waals surface area contributed by atoms with Gasteiger partial charge in [0.2, 0.25) is 0 Å². The summed E-state index contributed by atoms with van der Waals surface area (Å²) < 4.78 is 10.4. The van der Waals surface area contributed by atoms with E-state index in [1.54, 1.807) is 7.11 Å². The van der Waals surface area contributed by atoms with E-state index in [0.29, 0.717) is 19.8 Å². The van der Waals surface area contributed by atoms with E-state index in [4.69, 9.17) is 15.2 Å². The molecule has 0 aliphatic heterocycles. The van der Waals surface area contributed by atoms with Crippen molar-refractivity contribution in [1.82, 2.24) is 0 Å². The summed E-state index contributed by atoms with van der Waals surface area (Å²) in [6.45, 7) is 1.98. The van der Waals surface area contributed by atoms with Crippen molar-refractivity contribution in [2.24, 2.45) is 5.73 Å². The molecule has 19 heavy (non-hydrogen) atoms. The fourth-order valence-corrected chi connectivity index (χ4v) is 2.38. The van der Waals surface area contributed by atoms with Crippen LogP contribution in [0.15, 0.2) is 24.3 Å². The first-order chi connectivity index (χ1) is 9.31. The number of ether oxygens (including phenoxy) is 2. The zero-order valence-corrected chi connectivity index (χ0v) is 11.8. The Morgan fingerprint density at radius 1 is 1.16 bits per heavy atom. The molecule has 1 aliphatic carbocycles. The van der Waals surface area contributed by atoms with Crippen molar-refractivity contribution in [3.63, 3.8) is 0 Å². The molecule has 0 aromatic heterocycles. The van der Waals surface area contributed by atoms with Gasteiger partial charge in [-0.2, -0.15) is 0 Å². The predicted molar refractivity (Wildman–Crippen MR) is 77.3 cm³/mol. The van der Waals surface area contributed by atoms with Gasteiger partial charge in [0.25, 0.3) is 0 Å². The molecule has 1 unspecified atom stereocenters. The number of rotatable bonds is 8. The molecule has 106 valence electrons. The molecule has 0 amide bonds. The van der Waals surface area contributed by atoms with Crippen molar-refractivity contribution < 1.29 is 9.47 Å². The van der Waals surface area contributed by atoms with E-state index in [-0.39, 0.29) is 6.04 Å². The van der Waals surface area contributed by atoms with Crippen molar-refractivity contribution >= 4 is 0 Å². The van der Waals surface area contributed by atoms with Gasteiger partial charge in [-0.1, -0.05) is 30.7 Å². The lowest BCUT2D eigenvalue weighted by molar-refractivity contribution is 0.0672. The predicted octanol–water partition coefficient (Wildman–Crippen LogP) is 3.01. The van der Waals surface area contributed by atoms with Crippen LogP contribution in [0.5, 0.6) is 0 Å². The quantitative estimate of drug-likeness (QED) is 0.733. The molecule has 0 heterocycles. The minimum absolute atomic E-state index is 0.0676. The van der Waals surface area contributed by atoms with Crippen molar-refractivity contribution in [2.75, 3.05) is 26.9 Å². The Kier molecular flexibility index (Phi) is 5.83. The van der Waals surface area contributed by atoms with Crippen LogP contribution in [0, 0.1) is 0 Å². The van der Waals surface area contributed by atoms with Gasteiger partial charge in [0.05, 0.1) is 13.2 Å². The highest BCUT2D eigenvalue weighted by molar-refractivity contribution is 5.28. The first-order valence-electron chi connectivity index (χ1n) is 7.23. The maximum absolute atomic E-state index is 6.17. The van der Waals surface area contributed by atoms with E-state index >= 15 is 0 Å². The molecule has 0 radical (unpaired) electrons. The third-order valence-electron chi connectivity index (χ3n) is 3.95. The molecular weight excluding hydrogens is 238 g/mol. The first-order valence-corrected chi connectivity index (χ1v) is 7.23. The summed E-state index contributed by atoms with van der Waals surface area (Å²) in [6.07, 6.45) is 4.93. The number of hydrogen-bond donors (Lipinski definition) is 1. The van der Waals surface area contributed by atoms with Crippen LogP contribution in [0.4, 0.5) is 0 Å². The van der Waals surface area contributed by atoms with Crippen molar-refractivity contribution in [2.45, 2.75) is 37.6 Å². The van der Waals surface area contributed by atoms with E-state index in [9.17, 15) is 0 Å². The number of benzene rings is 1. The van der Waals surface area contributed by atoms with Crippen LogP contribution in [0.25, 0.3) is 0 Å². The molecule has 2 N–H and O–H groups in total. The molecule has 1 atom stereocenters. The van der Waals surface area contributed by atoms with Gasteiger partial charge >= 0.3 is 0 Å². The Morgan fingerprint density at radius 2 is 1.89 bits per heavy atom. The van der Waals surface area contributed by atoms with Gasteiger partial charge in [0.1, 0.15) is 0 Å². The Morgan fingerprint density at radius 3 is 2.47 bits per heavy atom. The SMILES string of the molecule is COCCOCCC(N)c1ccc(C2CCC2)cc1. The van der Waals surface area contributed by atoms with E-state index in [0.717, 1.165) is 12.3 Å². The number of nitrogens with two attached hydrogens (primary N) is 1. The van der Waals surface area contributed by atoms with Gasteiger partial charge in [-0.05, 0) is 36.3 Å². The molecule has 2 rings (SSSR count). The molecule has 1 aliphatic rings. The lowest BCUT2D eigenvalue weighted by atomic mass is 9.80. The summed E-state index contributed by atoms with van der Waals surface area (Å²) in [5.74, 6) is 0.794. The van der Waals surface area contributed by atoms with Crippen LogP contribution >= 0.6 is 0 Å². The molecule has 0 bridgehead atoms. The van der Waals surface area contributed by atoms with Crippen LogP contribution in [0.3, 0.4) is 0 Å². The number of hydrogen-bond acceptors (Lipinski definition) is 3. The van der Waals surface area contributed by atoms with Crippen molar-refractivity contribution in [3.8, 4) is 0 Å². The van der Waals surface area contributed by atoms with Crippen LogP contribution in [0.2, 0.25) is 0 Å². The molecule has 1 fully saturated rings. The molecular formula is C16H25NO2. The van der Waals surface area contributed by atoms with E-state index in [1.165, 1.54) is 30.4 Å². The maximum Gasteiger partial charge on any atom is 0.0700 e. The summed E-state index contributed by atoms with van der Waals surface area (Å²) in [4.78, 5) is 0. The molecule has 0 saturated heterocycles. The molecule has 3 heteroatoms. The van der Waals surface area contributed by atoms with Crippen LogP contribution in [-0.4, -0.2) is 26.9 Å². The summed E-state index contributed by atoms with van der Waals surface area (Å²) >= 11 is 0. The summed E-state index contributed by atoms with van der Waals surface area (Å²) in [7, 11) is 1.68. The molecule has 1 aromatic carbocycles. The smallest absolute Gasteiger partial charge is 0.0700 e. The number of methoxy groups -OCH3 is 1. The highest BCUT2D eigenvalue weighted by Gasteiger charge is 2.19. The summed E-state index contributed by atoms with van der Waals surface area (Å²) in [6, 6.07) is 8.90. The molecule has 0 spiro atoms. The maximum atomic E-state index is 6.17. The molecule has 3 nitrogen and oxygen atoms in total. The van der Waals surface area contributed by atoms with Crippen LogP contribution in [-0.2, 0) is 9.47 Å². The van der Waals surface area contributed by atoms with Gasteiger partial charge < -0.3 is 15.2 Å². The summed E-state index contributed by atoms with van der Waals surface area (Å²) in [5.41, 5.74) is 8.85. The molecule has 1 saturated carbocycles. The third-order valence-corrected chi connectivity index (χ3v) is 3.95. The highest BCUT2D eigenvalue weighted by Crippen LogP contribution is 2.36. The van der Waals surface area contributed by atoms with Crippen molar-refractivity contribution in [3.05, 3.63) is 35.4 Å². The molecule has 1 aromatic rings. The van der Waals surface area contributed by atoms with Gasteiger partial charge in [-0.25, -0.2) is 0 Å². The largest absolute Gasteiger partial charge is 0.382 e. The summed E-state index contributed by atoms with van der Waals surface area (Å²) in [5, 5.41) is 0. The lowest BCUT2D eigenvalue weighted by Crippen LogP contribution is -2.15. The fourth-order valence-electron chi connectivity index (χ4n) is 2.38.